The molecule has 7 heteroatoms. The number of thiophene rings is 1. The second-order valence-corrected chi connectivity index (χ2v) is 8.64. The van der Waals surface area contributed by atoms with E-state index in [1.165, 1.54) is 24.2 Å². The molecule has 112 valence electrons. The van der Waals surface area contributed by atoms with Crippen molar-refractivity contribution in [1.82, 2.24) is 9.62 Å². The van der Waals surface area contributed by atoms with Crippen LogP contribution in [0.4, 0.5) is 0 Å². The van der Waals surface area contributed by atoms with Gasteiger partial charge in [0.1, 0.15) is 4.21 Å². The third-order valence-corrected chi connectivity index (χ3v) is 7.02. The molecule has 1 unspecified atom stereocenters. The van der Waals surface area contributed by atoms with Crippen LogP contribution in [-0.4, -0.2) is 50.2 Å². The number of nitrogens with zero attached hydrogens (tertiary/aromatic N) is 1. The van der Waals surface area contributed by atoms with Crippen molar-refractivity contribution in [1.29, 1.82) is 0 Å². The van der Waals surface area contributed by atoms with E-state index >= 15 is 0 Å². The highest BCUT2D eigenvalue weighted by Gasteiger charge is 2.36. The Hall–Kier alpha value is -0.470. The summed E-state index contributed by atoms with van der Waals surface area (Å²) in [7, 11) is -3.41. The van der Waals surface area contributed by atoms with Gasteiger partial charge >= 0.3 is 0 Å². The third-order valence-electron chi connectivity index (χ3n) is 3.86. The molecule has 2 fully saturated rings. The summed E-state index contributed by atoms with van der Waals surface area (Å²) in [4.78, 5) is 3.29. The molecule has 0 spiro atoms. The Balaban J connectivity index is 1.62. The number of hydrogen-bond acceptors (Lipinski definition) is 5. The smallest absolute Gasteiger partial charge is 0.250 e. The molecule has 20 heavy (non-hydrogen) atoms. The summed E-state index contributed by atoms with van der Waals surface area (Å²) in [5.74, 6) is 0. The lowest BCUT2D eigenvalue weighted by Gasteiger charge is -2.15. The largest absolute Gasteiger partial charge is 0.396 e. The van der Waals surface area contributed by atoms with Gasteiger partial charge in [0.15, 0.2) is 0 Å². The van der Waals surface area contributed by atoms with Crippen LogP contribution < -0.4 is 4.72 Å². The molecule has 0 aromatic carbocycles. The highest BCUT2D eigenvalue weighted by atomic mass is 32.2. The van der Waals surface area contributed by atoms with Crippen molar-refractivity contribution in [2.75, 3.05) is 19.7 Å². The van der Waals surface area contributed by atoms with E-state index in [0.717, 1.165) is 24.4 Å². The van der Waals surface area contributed by atoms with E-state index < -0.39 is 10.0 Å². The van der Waals surface area contributed by atoms with Crippen LogP contribution in [0.3, 0.4) is 0 Å². The van der Waals surface area contributed by atoms with Gasteiger partial charge in [-0.25, -0.2) is 13.1 Å². The van der Waals surface area contributed by atoms with Crippen molar-refractivity contribution in [3.8, 4) is 0 Å². The maximum atomic E-state index is 12.3. The molecule has 3 rings (SSSR count). The van der Waals surface area contributed by atoms with E-state index in [1.807, 2.05) is 0 Å². The average molecular weight is 316 g/mol. The molecular formula is C13H20N2O3S2. The summed E-state index contributed by atoms with van der Waals surface area (Å²) in [5, 5.41) is 8.88. The summed E-state index contributed by atoms with van der Waals surface area (Å²) in [5.41, 5.74) is 0. The van der Waals surface area contributed by atoms with Crippen LogP contribution in [0.5, 0.6) is 0 Å². The molecule has 1 saturated heterocycles. The van der Waals surface area contributed by atoms with Gasteiger partial charge in [0.2, 0.25) is 10.0 Å². The van der Waals surface area contributed by atoms with Crippen LogP contribution >= 0.6 is 11.3 Å². The Morgan fingerprint density at radius 2 is 2.15 bits per heavy atom. The lowest BCUT2D eigenvalue weighted by atomic mass is 10.3. The van der Waals surface area contributed by atoms with Crippen molar-refractivity contribution in [3.63, 3.8) is 0 Å². The lowest BCUT2D eigenvalue weighted by molar-refractivity contribution is 0.300. The first-order valence-corrected chi connectivity index (χ1v) is 9.34. The fourth-order valence-electron chi connectivity index (χ4n) is 2.68. The molecular weight excluding hydrogens is 296 g/mol. The van der Waals surface area contributed by atoms with Gasteiger partial charge in [0.05, 0.1) is 0 Å². The van der Waals surface area contributed by atoms with Gasteiger partial charge < -0.3 is 5.11 Å². The highest BCUT2D eigenvalue weighted by Crippen LogP contribution is 2.30. The maximum Gasteiger partial charge on any atom is 0.250 e. The number of hydrogen-bond donors (Lipinski definition) is 2. The molecule has 0 amide bonds. The topological polar surface area (TPSA) is 69.6 Å². The van der Waals surface area contributed by atoms with Crippen LogP contribution in [-0.2, 0) is 16.4 Å². The molecule has 5 nitrogen and oxygen atoms in total. The molecule has 1 aliphatic heterocycles. The Bertz CT molecular complexity index is 566. The van der Waals surface area contributed by atoms with Crippen LogP contribution in [0.2, 0.25) is 0 Å². The van der Waals surface area contributed by atoms with E-state index in [1.54, 1.807) is 12.1 Å². The summed E-state index contributed by atoms with van der Waals surface area (Å²) in [6.45, 7) is 1.88. The lowest BCUT2D eigenvalue weighted by Crippen LogP contribution is -2.37. The first-order chi connectivity index (χ1) is 9.58. The number of rotatable bonds is 6. The van der Waals surface area contributed by atoms with Crippen molar-refractivity contribution in [2.45, 2.75) is 42.0 Å². The van der Waals surface area contributed by atoms with Gasteiger partial charge in [-0.15, -0.1) is 11.3 Å². The van der Waals surface area contributed by atoms with Crippen molar-refractivity contribution in [2.24, 2.45) is 0 Å². The van der Waals surface area contributed by atoms with Crippen molar-refractivity contribution >= 4 is 21.4 Å². The Kier molecular flexibility index (Phi) is 4.14. The molecule has 1 atom stereocenters. The molecule has 0 radical (unpaired) electrons. The van der Waals surface area contributed by atoms with Crippen LogP contribution in [0.1, 0.15) is 24.1 Å². The summed E-state index contributed by atoms with van der Waals surface area (Å²) in [6.07, 6.45) is 3.92. The fourth-order valence-corrected chi connectivity index (χ4v) is 5.30. The minimum absolute atomic E-state index is 0.0315. The SMILES string of the molecule is O=S(=O)(NC1CCN(C2CC2)C1)c1ccc(CCO)s1. The monoisotopic (exact) mass is 316 g/mol. The fraction of sp³-hybridized carbons (Fsp3) is 0.692. The zero-order valence-electron chi connectivity index (χ0n) is 11.3. The van der Waals surface area contributed by atoms with E-state index in [4.69, 9.17) is 5.11 Å². The van der Waals surface area contributed by atoms with Gasteiger partial charge in [-0.05, 0) is 31.4 Å². The van der Waals surface area contributed by atoms with Gasteiger partial charge in [-0.3, -0.25) is 4.90 Å². The van der Waals surface area contributed by atoms with E-state index in [9.17, 15) is 8.42 Å². The van der Waals surface area contributed by atoms with Gasteiger partial charge in [-0.2, -0.15) is 0 Å². The molecule has 1 saturated carbocycles. The Morgan fingerprint density at radius 3 is 2.85 bits per heavy atom. The molecule has 1 aliphatic carbocycles. The molecule has 0 bridgehead atoms. The number of nitrogens with one attached hydrogen (secondary N) is 1. The second kappa shape index (κ2) is 5.73. The minimum atomic E-state index is -3.41. The summed E-state index contributed by atoms with van der Waals surface area (Å²) < 4.78 is 27.8. The van der Waals surface area contributed by atoms with Crippen LogP contribution in [0.15, 0.2) is 16.3 Å². The number of aliphatic hydroxyl groups is 1. The van der Waals surface area contributed by atoms with Gasteiger partial charge in [0, 0.05) is 43.1 Å². The van der Waals surface area contributed by atoms with Crippen molar-refractivity contribution < 1.29 is 13.5 Å². The molecule has 2 aliphatic rings. The van der Waals surface area contributed by atoms with Crippen molar-refractivity contribution in [3.05, 3.63) is 17.0 Å². The molecule has 2 heterocycles. The Labute approximate surface area is 123 Å². The number of likely N-dealkylation sites (tertiary alicyclic amines) is 1. The van der Waals surface area contributed by atoms with E-state index in [-0.39, 0.29) is 12.6 Å². The van der Waals surface area contributed by atoms with Gasteiger partial charge in [0.25, 0.3) is 0 Å². The number of sulfonamides is 1. The van der Waals surface area contributed by atoms with Gasteiger partial charge in [-0.1, -0.05) is 0 Å². The second-order valence-electron chi connectivity index (χ2n) is 5.53. The zero-order chi connectivity index (χ0) is 14.2. The average Bonchev–Trinajstić information content (AvgIpc) is 2.95. The third kappa shape index (κ3) is 3.23. The Morgan fingerprint density at radius 1 is 1.35 bits per heavy atom. The predicted octanol–water partition coefficient (Wildman–Crippen LogP) is 0.798. The standard InChI is InChI=1S/C13H20N2O3S2/c16-8-6-12-3-4-13(19-12)20(17,18)14-10-5-7-15(9-10)11-1-2-11/h3-4,10-11,14,16H,1-2,5-9H2. The summed E-state index contributed by atoms with van der Waals surface area (Å²) in [6, 6.07) is 4.14. The summed E-state index contributed by atoms with van der Waals surface area (Å²) >= 11 is 1.24. The molecule has 1 aromatic rings. The quantitative estimate of drug-likeness (QED) is 0.814. The maximum absolute atomic E-state index is 12.3. The number of aliphatic hydroxyl groups excluding tert-OH is 1. The highest BCUT2D eigenvalue weighted by molar-refractivity contribution is 7.91. The van der Waals surface area contributed by atoms with E-state index in [2.05, 4.69) is 9.62 Å². The predicted molar refractivity (Wildman–Crippen MR) is 78.4 cm³/mol. The van der Waals surface area contributed by atoms with E-state index in [0.29, 0.717) is 16.7 Å². The minimum Gasteiger partial charge on any atom is -0.396 e. The zero-order valence-corrected chi connectivity index (χ0v) is 12.9. The molecule has 2 N–H and O–H groups in total. The first-order valence-electron chi connectivity index (χ1n) is 7.04. The normalized spacial score (nSPS) is 24.4. The van der Waals surface area contributed by atoms with Crippen LogP contribution in [0, 0.1) is 0 Å². The first kappa shape index (κ1) is 14.5. The van der Waals surface area contributed by atoms with Crippen LogP contribution in [0.25, 0.3) is 0 Å². The molecule has 1 aromatic heterocycles.